The molecule has 0 N–H and O–H groups in total. The number of hydrogen-bond donors (Lipinski definition) is 0. The molecule has 1 aliphatic heterocycles. The van der Waals surface area contributed by atoms with Gasteiger partial charge in [0.1, 0.15) is 18.8 Å². The lowest BCUT2D eigenvalue weighted by Crippen LogP contribution is -2.31. The molecular weight excluding hydrogens is 224 g/mol. The van der Waals surface area contributed by atoms with Gasteiger partial charge in [-0.25, -0.2) is 0 Å². The lowest BCUT2D eigenvalue weighted by Gasteiger charge is -2.17. The highest BCUT2D eigenvalue weighted by molar-refractivity contribution is 5.78. The Morgan fingerprint density at radius 2 is 1.88 bits per heavy atom. The lowest BCUT2D eigenvalue weighted by atomic mass is 10.2. The molecule has 1 saturated heterocycles. The molecule has 7 nitrogen and oxygen atoms in total. The van der Waals surface area contributed by atoms with Gasteiger partial charge in [0, 0.05) is 31.2 Å². The highest BCUT2D eigenvalue weighted by atomic mass is 16.5. The van der Waals surface area contributed by atoms with Crippen molar-refractivity contribution in [3.05, 3.63) is 10.4 Å². The van der Waals surface area contributed by atoms with Crippen LogP contribution in [-0.2, 0) is 14.3 Å². The summed E-state index contributed by atoms with van der Waals surface area (Å²) in [6.07, 6.45) is -0.176. The van der Waals surface area contributed by atoms with Gasteiger partial charge in [-0.2, -0.15) is 0 Å². The van der Waals surface area contributed by atoms with E-state index in [9.17, 15) is 4.79 Å². The molecule has 0 unspecified atom stereocenters. The number of carbonyl (C=O) groups is 1. The smallest absolute Gasteiger partial charge is 0.228 e. The number of hydrogen-bond acceptors (Lipinski definition) is 4. The van der Waals surface area contributed by atoms with E-state index < -0.39 is 0 Å². The zero-order chi connectivity index (χ0) is 12.7. The van der Waals surface area contributed by atoms with Gasteiger partial charge >= 0.3 is 0 Å². The van der Waals surface area contributed by atoms with Crippen LogP contribution in [0.1, 0.15) is 13.8 Å². The SMILES string of the molecule is CCO[C@@H]1CN(C(=O)CN=[N+]=[N-])C[C@H]1OCC. The second-order valence-electron chi connectivity index (χ2n) is 3.68. The van der Waals surface area contributed by atoms with Crippen molar-refractivity contribution in [2.45, 2.75) is 26.1 Å². The first-order chi connectivity index (χ1) is 8.22. The average molecular weight is 242 g/mol. The second-order valence-corrected chi connectivity index (χ2v) is 3.68. The van der Waals surface area contributed by atoms with E-state index in [0.29, 0.717) is 26.3 Å². The zero-order valence-electron chi connectivity index (χ0n) is 10.2. The highest BCUT2D eigenvalue weighted by Gasteiger charge is 2.35. The number of carbonyl (C=O) groups excluding carboxylic acids is 1. The monoisotopic (exact) mass is 242 g/mol. The number of nitrogens with zero attached hydrogens (tertiary/aromatic N) is 4. The molecule has 96 valence electrons. The molecule has 1 rings (SSSR count). The third-order valence-electron chi connectivity index (χ3n) is 2.60. The van der Waals surface area contributed by atoms with Gasteiger partial charge < -0.3 is 14.4 Å². The zero-order valence-corrected chi connectivity index (χ0v) is 10.2. The van der Waals surface area contributed by atoms with Crippen molar-refractivity contribution >= 4 is 5.91 Å². The molecule has 0 aromatic heterocycles. The van der Waals surface area contributed by atoms with Crippen LogP contribution in [-0.4, -0.2) is 55.9 Å². The summed E-state index contributed by atoms with van der Waals surface area (Å²) in [6, 6.07) is 0. The van der Waals surface area contributed by atoms with Crippen molar-refractivity contribution < 1.29 is 14.3 Å². The van der Waals surface area contributed by atoms with Crippen molar-refractivity contribution in [3.8, 4) is 0 Å². The average Bonchev–Trinajstić information content (AvgIpc) is 2.71. The molecule has 0 aliphatic carbocycles. The maximum absolute atomic E-state index is 11.7. The highest BCUT2D eigenvalue weighted by Crippen LogP contribution is 2.17. The summed E-state index contributed by atoms with van der Waals surface area (Å²) in [5.41, 5.74) is 8.17. The van der Waals surface area contributed by atoms with Crippen molar-refractivity contribution in [2.24, 2.45) is 5.11 Å². The van der Waals surface area contributed by atoms with E-state index in [2.05, 4.69) is 10.0 Å². The normalized spacial score (nSPS) is 23.5. The van der Waals surface area contributed by atoms with Gasteiger partial charge in [0.25, 0.3) is 0 Å². The van der Waals surface area contributed by atoms with Crippen molar-refractivity contribution in [2.75, 3.05) is 32.8 Å². The number of rotatable bonds is 6. The predicted octanol–water partition coefficient (Wildman–Crippen LogP) is 0.949. The van der Waals surface area contributed by atoms with Gasteiger partial charge in [-0.15, -0.1) is 0 Å². The van der Waals surface area contributed by atoms with Crippen molar-refractivity contribution in [3.63, 3.8) is 0 Å². The topological polar surface area (TPSA) is 87.5 Å². The minimum absolute atomic E-state index is 0.0880. The third-order valence-corrected chi connectivity index (χ3v) is 2.60. The molecule has 1 fully saturated rings. The molecule has 0 aromatic carbocycles. The van der Waals surface area contributed by atoms with Crippen LogP contribution in [0, 0.1) is 0 Å². The maximum Gasteiger partial charge on any atom is 0.228 e. The standard InChI is InChI=1S/C10H18N4O3/c1-3-16-8-6-14(7-9(8)17-4-2)10(15)5-12-13-11/h8-9H,3-7H2,1-2H3/t8-,9-/m1/s1. The minimum Gasteiger partial charge on any atom is -0.374 e. The summed E-state index contributed by atoms with van der Waals surface area (Å²) in [7, 11) is 0. The second kappa shape index (κ2) is 7.11. The van der Waals surface area contributed by atoms with E-state index in [-0.39, 0.29) is 24.7 Å². The van der Waals surface area contributed by atoms with Crippen molar-refractivity contribution in [1.82, 2.24) is 4.90 Å². The number of likely N-dealkylation sites (tertiary alicyclic amines) is 1. The van der Waals surface area contributed by atoms with Crippen molar-refractivity contribution in [1.29, 1.82) is 0 Å². The number of amides is 1. The van der Waals surface area contributed by atoms with Crippen LogP contribution >= 0.6 is 0 Å². The molecule has 17 heavy (non-hydrogen) atoms. The molecule has 1 aliphatic rings. The summed E-state index contributed by atoms with van der Waals surface area (Å²) in [5, 5.41) is 3.27. The minimum atomic E-state index is -0.185. The lowest BCUT2D eigenvalue weighted by molar-refractivity contribution is -0.129. The van der Waals surface area contributed by atoms with Gasteiger partial charge in [-0.05, 0) is 19.4 Å². The Balaban J connectivity index is 2.54. The molecule has 0 saturated carbocycles. The van der Waals surface area contributed by atoms with Gasteiger partial charge in [0.15, 0.2) is 0 Å². The van der Waals surface area contributed by atoms with E-state index >= 15 is 0 Å². The van der Waals surface area contributed by atoms with E-state index in [1.165, 1.54) is 0 Å². The Morgan fingerprint density at radius 1 is 1.35 bits per heavy atom. The van der Waals surface area contributed by atoms with Crippen LogP contribution in [0.25, 0.3) is 10.4 Å². The summed E-state index contributed by atoms with van der Waals surface area (Å²) in [5.74, 6) is -0.185. The van der Waals surface area contributed by atoms with Gasteiger partial charge in [0.2, 0.25) is 5.91 Å². The summed E-state index contributed by atoms with van der Waals surface area (Å²) >= 11 is 0. The van der Waals surface area contributed by atoms with Gasteiger partial charge in [0.05, 0.1) is 0 Å². The molecule has 1 amide bonds. The summed E-state index contributed by atoms with van der Waals surface area (Å²) < 4.78 is 11.1. The summed E-state index contributed by atoms with van der Waals surface area (Å²) in [4.78, 5) is 15.8. The first kappa shape index (κ1) is 13.8. The predicted molar refractivity (Wildman–Crippen MR) is 61.4 cm³/mol. The van der Waals surface area contributed by atoms with Crippen LogP contribution in [0.5, 0.6) is 0 Å². The largest absolute Gasteiger partial charge is 0.374 e. The molecular formula is C10H18N4O3. The van der Waals surface area contributed by atoms with E-state index in [1.54, 1.807) is 4.90 Å². The first-order valence-corrected chi connectivity index (χ1v) is 5.74. The first-order valence-electron chi connectivity index (χ1n) is 5.74. The Bertz CT molecular complexity index is 290. The maximum atomic E-state index is 11.7. The van der Waals surface area contributed by atoms with E-state index in [0.717, 1.165) is 0 Å². The molecule has 2 atom stereocenters. The van der Waals surface area contributed by atoms with Crippen LogP contribution in [0.2, 0.25) is 0 Å². The summed E-state index contributed by atoms with van der Waals surface area (Å²) in [6.45, 7) is 5.85. The molecule has 0 radical (unpaired) electrons. The van der Waals surface area contributed by atoms with Crippen LogP contribution in [0.4, 0.5) is 0 Å². The van der Waals surface area contributed by atoms with Crippen LogP contribution in [0.15, 0.2) is 5.11 Å². The van der Waals surface area contributed by atoms with Gasteiger partial charge in [-0.3, -0.25) is 4.79 Å². The Kier molecular flexibility index (Phi) is 5.76. The fourth-order valence-corrected chi connectivity index (χ4v) is 1.89. The number of ether oxygens (including phenoxy) is 2. The Labute approximate surface area is 100 Å². The van der Waals surface area contributed by atoms with Crippen LogP contribution in [0.3, 0.4) is 0 Å². The molecule has 7 heteroatoms. The van der Waals surface area contributed by atoms with Gasteiger partial charge in [-0.1, -0.05) is 5.11 Å². The molecule has 0 spiro atoms. The molecule has 1 heterocycles. The molecule has 0 bridgehead atoms. The Morgan fingerprint density at radius 3 is 2.29 bits per heavy atom. The fraction of sp³-hybridized carbons (Fsp3) is 0.900. The van der Waals surface area contributed by atoms with Crippen LogP contribution < -0.4 is 0 Å². The third kappa shape index (κ3) is 3.89. The quantitative estimate of drug-likeness (QED) is 0.394. The van der Waals surface area contributed by atoms with E-state index in [4.69, 9.17) is 15.0 Å². The molecule has 0 aromatic rings. The fourth-order valence-electron chi connectivity index (χ4n) is 1.89. The van der Waals surface area contributed by atoms with E-state index in [1.807, 2.05) is 13.8 Å². The number of azide groups is 1. The Hall–Kier alpha value is -1.30.